The summed E-state index contributed by atoms with van der Waals surface area (Å²) in [4.78, 5) is 10.9. The number of methoxy groups -OCH3 is 1. The first-order valence-electron chi connectivity index (χ1n) is 5.41. The zero-order valence-electron chi connectivity index (χ0n) is 10.1. The van der Waals surface area contributed by atoms with Crippen molar-refractivity contribution < 1.29 is 28.8 Å². The van der Waals surface area contributed by atoms with E-state index in [-0.39, 0.29) is 19.8 Å². The molecule has 0 aliphatic heterocycles. The summed E-state index contributed by atoms with van der Waals surface area (Å²) in [5.74, 6) is -0.729. The van der Waals surface area contributed by atoms with Crippen LogP contribution < -0.4 is 5.73 Å². The van der Waals surface area contributed by atoms with Crippen LogP contribution in [0.3, 0.4) is 0 Å². The molecule has 0 saturated carbocycles. The Morgan fingerprint density at radius 2 is 1.65 bits per heavy atom. The molecule has 7 nitrogen and oxygen atoms in total. The number of carbonyl (C=O) groups excluding carboxylic acids is 1. The average Bonchev–Trinajstić information content (AvgIpc) is 2.35. The fourth-order valence-electron chi connectivity index (χ4n) is 0.858. The second-order valence-corrected chi connectivity index (χ2v) is 3.14. The molecule has 0 radical (unpaired) electrons. The maximum Gasteiger partial charge on any atom is 0.336 e. The first kappa shape index (κ1) is 16.3. The van der Waals surface area contributed by atoms with Crippen LogP contribution in [0.15, 0.2) is 0 Å². The van der Waals surface area contributed by atoms with Gasteiger partial charge in [0.05, 0.1) is 33.0 Å². The van der Waals surface area contributed by atoms with Gasteiger partial charge in [0, 0.05) is 13.7 Å². The van der Waals surface area contributed by atoms with Gasteiger partial charge in [-0.15, -0.1) is 0 Å². The Balaban J connectivity index is 3.16. The molecule has 102 valence electrons. The molecule has 0 aliphatic rings. The molecule has 0 aromatic carbocycles. The minimum Gasteiger partial charge on any atom is -0.461 e. The van der Waals surface area contributed by atoms with Gasteiger partial charge < -0.3 is 29.8 Å². The van der Waals surface area contributed by atoms with E-state index in [1.54, 1.807) is 7.11 Å². The van der Waals surface area contributed by atoms with Crippen LogP contribution >= 0.6 is 0 Å². The molecule has 1 atom stereocenters. The van der Waals surface area contributed by atoms with Gasteiger partial charge in [-0.2, -0.15) is 0 Å². The third-order valence-corrected chi connectivity index (χ3v) is 1.77. The molecule has 0 amide bonds. The van der Waals surface area contributed by atoms with E-state index in [0.29, 0.717) is 26.4 Å². The highest BCUT2D eigenvalue weighted by molar-refractivity contribution is 5.74. The Morgan fingerprint density at radius 1 is 1.12 bits per heavy atom. The van der Waals surface area contributed by atoms with E-state index < -0.39 is 12.1 Å². The molecule has 0 aromatic heterocycles. The lowest BCUT2D eigenvalue weighted by molar-refractivity contribution is -0.154. The van der Waals surface area contributed by atoms with Crippen molar-refractivity contribution in [3.8, 4) is 0 Å². The average molecular weight is 251 g/mol. The molecule has 0 aromatic rings. The van der Waals surface area contributed by atoms with E-state index in [1.807, 2.05) is 0 Å². The van der Waals surface area contributed by atoms with Gasteiger partial charge in [-0.05, 0) is 0 Å². The number of aliphatic hydroxyl groups excluding tert-OH is 1. The van der Waals surface area contributed by atoms with Crippen LogP contribution in [-0.2, 0) is 23.7 Å². The van der Waals surface area contributed by atoms with Crippen LogP contribution in [0.25, 0.3) is 0 Å². The number of esters is 1. The highest BCUT2D eigenvalue weighted by atomic mass is 16.6. The van der Waals surface area contributed by atoms with Gasteiger partial charge in [0.1, 0.15) is 6.61 Å². The monoisotopic (exact) mass is 251 g/mol. The van der Waals surface area contributed by atoms with Gasteiger partial charge in [-0.25, -0.2) is 4.79 Å². The Morgan fingerprint density at radius 3 is 2.18 bits per heavy atom. The van der Waals surface area contributed by atoms with Crippen molar-refractivity contribution in [3.05, 3.63) is 0 Å². The maximum absolute atomic E-state index is 10.9. The SMILES string of the molecule is COCCOCCOCCOC(=O)[C@@H](O)CN. The summed E-state index contributed by atoms with van der Waals surface area (Å²) in [6, 6.07) is 0. The van der Waals surface area contributed by atoms with Gasteiger partial charge >= 0.3 is 5.97 Å². The standard InChI is InChI=1S/C10H21NO6/c1-14-2-3-15-4-5-16-6-7-17-10(13)9(12)8-11/h9,12H,2-8,11H2,1H3/t9-/m0/s1. The van der Waals surface area contributed by atoms with Crippen molar-refractivity contribution in [3.63, 3.8) is 0 Å². The van der Waals surface area contributed by atoms with Crippen molar-refractivity contribution in [1.29, 1.82) is 0 Å². The van der Waals surface area contributed by atoms with Gasteiger partial charge in [0.25, 0.3) is 0 Å². The minimum absolute atomic E-state index is 0.0912. The van der Waals surface area contributed by atoms with Crippen LogP contribution in [0.2, 0.25) is 0 Å². The molecule has 0 spiro atoms. The fourth-order valence-corrected chi connectivity index (χ4v) is 0.858. The lowest BCUT2D eigenvalue weighted by Gasteiger charge is -2.09. The van der Waals surface area contributed by atoms with E-state index in [9.17, 15) is 4.79 Å². The summed E-state index contributed by atoms with van der Waals surface area (Å²) < 4.78 is 19.7. The molecule has 3 N–H and O–H groups in total. The van der Waals surface area contributed by atoms with Crippen LogP contribution in [0, 0.1) is 0 Å². The van der Waals surface area contributed by atoms with Crippen LogP contribution in [0.1, 0.15) is 0 Å². The van der Waals surface area contributed by atoms with E-state index in [2.05, 4.69) is 4.74 Å². The zero-order chi connectivity index (χ0) is 12.9. The molecular weight excluding hydrogens is 230 g/mol. The van der Waals surface area contributed by atoms with Crippen LogP contribution in [-0.4, -0.2) is 70.5 Å². The number of carbonyl (C=O) groups is 1. The molecular formula is C10H21NO6. The lowest BCUT2D eigenvalue weighted by atomic mass is 10.4. The number of hydrogen-bond acceptors (Lipinski definition) is 7. The smallest absolute Gasteiger partial charge is 0.336 e. The summed E-state index contributed by atoms with van der Waals surface area (Å²) >= 11 is 0. The normalized spacial score (nSPS) is 12.4. The third kappa shape index (κ3) is 10.2. The second kappa shape index (κ2) is 11.7. The molecule has 0 fully saturated rings. The Labute approximate surface area is 101 Å². The first-order chi connectivity index (χ1) is 8.22. The van der Waals surface area contributed by atoms with Crippen molar-refractivity contribution in [1.82, 2.24) is 0 Å². The Kier molecular flexibility index (Phi) is 11.2. The Bertz CT molecular complexity index is 190. The van der Waals surface area contributed by atoms with Crippen LogP contribution in [0.5, 0.6) is 0 Å². The lowest BCUT2D eigenvalue weighted by Crippen LogP contribution is -2.31. The van der Waals surface area contributed by atoms with Gasteiger partial charge in [0.15, 0.2) is 6.10 Å². The summed E-state index contributed by atoms with van der Waals surface area (Å²) in [5.41, 5.74) is 5.07. The molecule has 17 heavy (non-hydrogen) atoms. The second-order valence-electron chi connectivity index (χ2n) is 3.14. The highest BCUT2D eigenvalue weighted by Crippen LogP contribution is 1.87. The molecule has 7 heteroatoms. The highest BCUT2D eigenvalue weighted by Gasteiger charge is 2.13. The largest absolute Gasteiger partial charge is 0.461 e. The minimum atomic E-state index is -1.26. The number of hydrogen-bond donors (Lipinski definition) is 2. The van der Waals surface area contributed by atoms with Crippen LogP contribution in [0.4, 0.5) is 0 Å². The number of ether oxygens (including phenoxy) is 4. The first-order valence-corrected chi connectivity index (χ1v) is 5.41. The summed E-state index contributed by atoms with van der Waals surface area (Å²) in [5, 5.41) is 8.98. The zero-order valence-corrected chi connectivity index (χ0v) is 10.1. The van der Waals surface area contributed by atoms with Crippen molar-refractivity contribution in [2.75, 3.05) is 53.3 Å². The third-order valence-electron chi connectivity index (χ3n) is 1.77. The summed E-state index contributed by atoms with van der Waals surface area (Å²) in [7, 11) is 1.60. The van der Waals surface area contributed by atoms with Crippen molar-refractivity contribution in [2.24, 2.45) is 5.73 Å². The summed E-state index contributed by atoms with van der Waals surface area (Å²) in [6.45, 7) is 2.16. The van der Waals surface area contributed by atoms with E-state index in [1.165, 1.54) is 0 Å². The predicted octanol–water partition coefficient (Wildman–Crippen LogP) is -1.47. The van der Waals surface area contributed by atoms with Gasteiger partial charge in [-0.3, -0.25) is 0 Å². The van der Waals surface area contributed by atoms with E-state index >= 15 is 0 Å². The molecule has 0 bridgehead atoms. The van der Waals surface area contributed by atoms with Crippen molar-refractivity contribution >= 4 is 5.97 Å². The number of aliphatic hydroxyl groups is 1. The molecule has 0 aliphatic carbocycles. The van der Waals surface area contributed by atoms with E-state index in [4.69, 9.17) is 25.1 Å². The molecule has 0 heterocycles. The van der Waals surface area contributed by atoms with Gasteiger partial charge in [0.2, 0.25) is 0 Å². The molecule has 0 rings (SSSR count). The number of nitrogens with two attached hydrogens (primary N) is 1. The van der Waals surface area contributed by atoms with E-state index in [0.717, 1.165) is 0 Å². The van der Waals surface area contributed by atoms with Crippen molar-refractivity contribution in [2.45, 2.75) is 6.10 Å². The maximum atomic E-state index is 10.9. The Hall–Kier alpha value is -0.730. The molecule has 0 saturated heterocycles. The molecule has 0 unspecified atom stereocenters. The fraction of sp³-hybridized carbons (Fsp3) is 0.900. The topological polar surface area (TPSA) is 100 Å². The van der Waals surface area contributed by atoms with Gasteiger partial charge in [-0.1, -0.05) is 0 Å². The number of rotatable bonds is 11. The summed E-state index contributed by atoms with van der Waals surface area (Å²) in [6.07, 6.45) is -1.26. The predicted molar refractivity (Wildman–Crippen MR) is 59.5 cm³/mol. The quantitative estimate of drug-likeness (QED) is 0.341.